The smallest absolute Gasteiger partial charge is 0.337 e. The molecule has 1 aliphatic rings. The number of carbonyl (C=O) groups excluding carboxylic acids is 2. The Kier molecular flexibility index (Phi) is 3.37. The number of hydrogen-bond acceptors (Lipinski definition) is 4. The summed E-state index contributed by atoms with van der Waals surface area (Å²) in [4.78, 5) is 33.8. The first-order valence-corrected chi connectivity index (χ1v) is 5.64. The van der Waals surface area contributed by atoms with Crippen molar-refractivity contribution < 1.29 is 24.6 Å². The number of phenols is 1. The van der Waals surface area contributed by atoms with Crippen molar-refractivity contribution in [2.75, 3.05) is 5.32 Å². The zero-order valence-corrected chi connectivity index (χ0v) is 9.84. The minimum atomic E-state index is -1.26. The van der Waals surface area contributed by atoms with Crippen molar-refractivity contribution in [3.63, 3.8) is 0 Å². The van der Waals surface area contributed by atoms with E-state index >= 15 is 0 Å². The van der Waals surface area contributed by atoms with Crippen LogP contribution in [0.15, 0.2) is 18.2 Å². The number of benzene rings is 1. The summed E-state index contributed by atoms with van der Waals surface area (Å²) < 4.78 is 0. The van der Waals surface area contributed by atoms with Crippen molar-refractivity contribution in [3.05, 3.63) is 23.8 Å². The zero-order valence-electron chi connectivity index (χ0n) is 9.84. The van der Waals surface area contributed by atoms with Crippen LogP contribution >= 0.6 is 0 Å². The Labute approximate surface area is 108 Å². The summed E-state index contributed by atoms with van der Waals surface area (Å²) in [5.74, 6) is -2.14. The van der Waals surface area contributed by atoms with Gasteiger partial charge in [-0.2, -0.15) is 0 Å². The van der Waals surface area contributed by atoms with Crippen LogP contribution in [0.4, 0.5) is 5.69 Å². The van der Waals surface area contributed by atoms with Gasteiger partial charge in [-0.05, 0) is 24.6 Å². The van der Waals surface area contributed by atoms with Crippen LogP contribution in [0.5, 0.6) is 5.75 Å². The van der Waals surface area contributed by atoms with Gasteiger partial charge in [0.1, 0.15) is 11.8 Å². The standard InChI is InChI=1S/C12H12N2O5/c15-6-1-2-8(7(5-6)12(18)19)14-11(17)9-3-4-10(16)13-9/h1-2,5,9,15H,3-4H2,(H,13,16)(H,14,17)(H,18,19). The predicted molar refractivity (Wildman–Crippen MR) is 64.9 cm³/mol. The van der Waals surface area contributed by atoms with Crippen LogP contribution in [0.2, 0.25) is 0 Å². The molecule has 0 spiro atoms. The van der Waals surface area contributed by atoms with Gasteiger partial charge in [0.25, 0.3) is 0 Å². The lowest BCUT2D eigenvalue weighted by molar-refractivity contribution is -0.122. The molecule has 4 N–H and O–H groups in total. The van der Waals surface area contributed by atoms with Gasteiger partial charge in [-0.25, -0.2) is 4.79 Å². The molecule has 2 amide bonds. The third-order valence-electron chi connectivity index (χ3n) is 2.80. The highest BCUT2D eigenvalue weighted by atomic mass is 16.4. The molecule has 1 unspecified atom stereocenters. The van der Waals surface area contributed by atoms with Crippen LogP contribution < -0.4 is 10.6 Å². The molecule has 0 radical (unpaired) electrons. The van der Waals surface area contributed by atoms with Crippen molar-refractivity contribution in [2.45, 2.75) is 18.9 Å². The van der Waals surface area contributed by atoms with E-state index in [9.17, 15) is 19.5 Å². The molecule has 1 aromatic carbocycles. The van der Waals surface area contributed by atoms with Gasteiger partial charge in [-0.1, -0.05) is 0 Å². The Morgan fingerprint density at radius 2 is 2.11 bits per heavy atom. The highest BCUT2D eigenvalue weighted by molar-refractivity contribution is 6.04. The molecule has 1 atom stereocenters. The molecule has 1 heterocycles. The monoisotopic (exact) mass is 264 g/mol. The van der Waals surface area contributed by atoms with E-state index in [1.807, 2.05) is 0 Å². The maximum atomic E-state index is 11.8. The first kappa shape index (κ1) is 12.9. The van der Waals surface area contributed by atoms with E-state index in [2.05, 4.69) is 10.6 Å². The van der Waals surface area contributed by atoms with Gasteiger partial charge in [0.05, 0.1) is 11.3 Å². The zero-order chi connectivity index (χ0) is 14.0. The van der Waals surface area contributed by atoms with Gasteiger partial charge in [0, 0.05) is 6.42 Å². The number of nitrogens with one attached hydrogen (secondary N) is 2. The molecule has 1 saturated heterocycles. The number of phenolic OH excluding ortho intramolecular Hbond substituents is 1. The molecule has 7 heteroatoms. The van der Waals surface area contributed by atoms with E-state index in [4.69, 9.17) is 5.11 Å². The second kappa shape index (κ2) is 4.97. The summed E-state index contributed by atoms with van der Waals surface area (Å²) in [5, 5.41) is 23.1. The fraction of sp³-hybridized carbons (Fsp3) is 0.250. The molecule has 0 bridgehead atoms. The van der Waals surface area contributed by atoms with E-state index in [0.717, 1.165) is 6.07 Å². The van der Waals surface area contributed by atoms with Gasteiger partial charge >= 0.3 is 5.97 Å². The molecule has 1 aromatic rings. The Morgan fingerprint density at radius 1 is 1.37 bits per heavy atom. The first-order valence-electron chi connectivity index (χ1n) is 5.64. The first-order chi connectivity index (χ1) is 8.97. The molecular weight excluding hydrogens is 252 g/mol. The number of amides is 2. The second-order valence-electron chi connectivity index (χ2n) is 4.18. The lowest BCUT2D eigenvalue weighted by Gasteiger charge is -2.12. The van der Waals surface area contributed by atoms with Crippen LogP contribution in [0.25, 0.3) is 0 Å². The number of carbonyl (C=O) groups is 3. The van der Waals surface area contributed by atoms with Crippen molar-refractivity contribution in [2.24, 2.45) is 0 Å². The Morgan fingerprint density at radius 3 is 2.68 bits per heavy atom. The number of anilines is 1. The van der Waals surface area contributed by atoms with Crippen LogP contribution in [-0.2, 0) is 9.59 Å². The van der Waals surface area contributed by atoms with Crippen LogP contribution in [-0.4, -0.2) is 34.0 Å². The summed E-state index contributed by atoms with van der Waals surface area (Å²) in [6, 6.07) is 2.97. The SMILES string of the molecule is O=C1CCC(C(=O)Nc2ccc(O)cc2C(=O)O)N1. The number of aromatic carboxylic acids is 1. The highest BCUT2D eigenvalue weighted by Gasteiger charge is 2.27. The fourth-order valence-corrected chi connectivity index (χ4v) is 1.85. The van der Waals surface area contributed by atoms with Crippen LogP contribution in [0, 0.1) is 0 Å². The molecule has 1 fully saturated rings. The van der Waals surface area contributed by atoms with E-state index in [-0.39, 0.29) is 29.3 Å². The molecule has 19 heavy (non-hydrogen) atoms. The topological polar surface area (TPSA) is 116 Å². The maximum Gasteiger partial charge on any atom is 0.337 e. The van der Waals surface area contributed by atoms with Gasteiger partial charge < -0.3 is 20.8 Å². The van der Waals surface area contributed by atoms with Gasteiger partial charge in [-0.15, -0.1) is 0 Å². The predicted octanol–water partition coefficient (Wildman–Crippen LogP) is 0.308. The molecule has 0 aromatic heterocycles. The minimum Gasteiger partial charge on any atom is -0.508 e. The summed E-state index contributed by atoms with van der Waals surface area (Å²) in [7, 11) is 0. The molecule has 7 nitrogen and oxygen atoms in total. The van der Waals surface area contributed by atoms with Gasteiger partial charge in [0.2, 0.25) is 11.8 Å². The third kappa shape index (κ3) is 2.82. The summed E-state index contributed by atoms with van der Waals surface area (Å²) >= 11 is 0. The van der Waals surface area contributed by atoms with Gasteiger partial charge in [0.15, 0.2) is 0 Å². The lowest BCUT2D eigenvalue weighted by Crippen LogP contribution is -2.37. The molecule has 2 rings (SSSR count). The van der Waals surface area contributed by atoms with Crippen molar-refractivity contribution >= 4 is 23.5 Å². The Bertz CT molecular complexity index is 555. The van der Waals surface area contributed by atoms with E-state index in [1.165, 1.54) is 12.1 Å². The molecular formula is C12H12N2O5. The largest absolute Gasteiger partial charge is 0.508 e. The number of aromatic hydroxyl groups is 1. The van der Waals surface area contributed by atoms with Crippen LogP contribution in [0.3, 0.4) is 0 Å². The normalized spacial score (nSPS) is 17.9. The minimum absolute atomic E-state index is 0.0800. The fourth-order valence-electron chi connectivity index (χ4n) is 1.85. The third-order valence-corrected chi connectivity index (χ3v) is 2.80. The Hall–Kier alpha value is -2.57. The second-order valence-corrected chi connectivity index (χ2v) is 4.18. The number of rotatable bonds is 3. The number of carboxylic acids is 1. The summed E-state index contributed by atoms with van der Waals surface area (Å²) in [6.45, 7) is 0. The molecule has 100 valence electrons. The number of hydrogen-bond donors (Lipinski definition) is 4. The van der Waals surface area contributed by atoms with E-state index < -0.39 is 17.9 Å². The average Bonchev–Trinajstić information content (AvgIpc) is 2.78. The molecule has 0 saturated carbocycles. The van der Waals surface area contributed by atoms with E-state index in [1.54, 1.807) is 0 Å². The number of carboxylic acid groups (broad SMARTS) is 1. The molecule has 1 aliphatic heterocycles. The van der Waals surface area contributed by atoms with Crippen LogP contribution in [0.1, 0.15) is 23.2 Å². The summed E-state index contributed by atoms with van der Waals surface area (Å²) in [5.41, 5.74) is -0.130. The Balaban J connectivity index is 2.17. The van der Waals surface area contributed by atoms with E-state index in [0.29, 0.717) is 6.42 Å². The van der Waals surface area contributed by atoms with Crippen molar-refractivity contribution in [1.29, 1.82) is 0 Å². The maximum absolute atomic E-state index is 11.8. The summed E-state index contributed by atoms with van der Waals surface area (Å²) in [6.07, 6.45) is 0.657. The van der Waals surface area contributed by atoms with Crippen molar-refractivity contribution in [3.8, 4) is 5.75 Å². The average molecular weight is 264 g/mol. The quantitative estimate of drug-likeness (QED) is 0.586. The van der Waals surface area contributed by atoms with Crippen molar-refractivity contribution in [1.82, 2.24) is 5.32 Å². The molecule has 0 aliphatic carbocycles. The lowest BCUT2D eigenvalue weighted by atomic mass is 10.1. The van der Waals surface area contributed by atoms with Gasteiger partial charge in [-0.3, -0.25) is 9.59 Å². The highest BCUT2D eigenvalue weighted by Crippen LogP contribution is 2.22.